The normalized spacial score (nSPS) is 11.3. The Bertz CT molecular complexity index is 549. The lowest BCUT2D eigenvalue weighted by Crippen LogP contribution is -2.02. The van der Waals surface area contributed by atoms with Crippen LogP contribution in [0.3, 0.4) is 0 Å². The maximum atomic E-state index is 6.31. The van der Waals surface area contributed by atoms with Gasteiger partial charge in [0.15, 0.2) is 0 Å². The van der Waals surface area contributed by atoms with Crippen LogP contribution in [0.5, 0.6) is 5.75 Å². The molecule has 0 aromatic heterocycles. The molecule has 0 N–H and O–H groups in total. The molecule has 0 unspecified atom stereocenters. The number of rotatable bonds is 25. The molecule has 0 aliphatic carbocycles. The van der Waals surface area contributed by atoms with E-state index in [1.165, 1.54) is 165 Å². The summed E-state index contributed by atoms with van der Waals surface area (Å²) >= 11 is 0. The quantitative estimate of drug-likeness (QED) is 0.129. The topological polar surface area (TPSA) is 9.23 Å². The van der Waals surface area contributed by atoms with Gasteiger partial charge in [0.1, 0.15) is 5.75 Å². The molecule has 198 valence electrons. The molecule has 1 aromatic carbocycles. The first-order valence-corrected chi connectivity index (χ1v) is 15.6. The van der Waals surface area contributed by atoms with E-state index in [9.17, 15) is 0 Å². The Balaban J connectivity index is 2.42. The fourth-order valence-electron chi connectivity index (χ4n) is 4.92. The van der Waals surface area contributed by atoms with Crippen LogP contribution < -0.4 is 4.74 Å². The smallest absolute Gasteiger partial charge is 0.122 e. The van der Waals surface area contributed by atoms with Crippen molar-refractivity contribution in [2.45, 2.75) is 168 Å². The zero-order valence-electron chi connectivity index (χ0n) is 23.6. The maximum absolute atomic E-state index is 6.31. The highest BCUT2D eigenvalue weighted by Gasteiger charge is 2.07. The van der Waals surface area contributed by atoms with Crippen LogP contribution in [-0.2, 0) is 12.8 Å². The number of unbranched alkanes of at least 4 members (excludes halogenated alkanes) is 18. The van der Waals surface area contributed by atoms with Crippen LogP contribution in [0.25, 0.3) is 0 Å². The molecule has 0 heterocycles. The van der Waals surface area contributed by atoms with E-state index in [1.807, 2.05) is 0 Å². The highest BCUT2D eigenvalue weighted by Crippen LogP contribution is 2.25. The van der Waals surface area contributed by atoms with E-state index < -0.39 is 0 Å². The molecule has 0 saturated carbocycles. The van der Waals surface area contributed by atoms with Crippen LogP contribution in [0.15, 0.2) is 18.2 Å². The molecule has 34 heavy (non-hydrogen) atoms. The van der Waals surface area contributed by atoms with E-state index in [0.29, 0.717) is 0 Å². The third-order valence-corrected chi connectivity index (χ3v) is 7.25. The molecule has 1 heteroatoms. The predicted molar refractivity (Wildman–Crippen MR) is 153 cm³/mol. The van der Waals surface area contributed by atoms with Crippen LogP contribution in [0, 0.1) is 0 Å². The molecule has 0 atom stereocenters. The van der Waals surface area contributed by atoms with Gasteiger partial charge in [0.2, 0.25) is 0 Å². The van der Waals surface area contributed by atoms with Crippen LogP contribution >= 0.6 is 0 Å². The SMILES string of the molecule is CCCCCCCCCOc1ccc(CCCCCCCCC)cc1CCCCCCCCC. The Labute approximate surface area is 214 Å². The van der Waals surface area contributed by atoms with Crippen molar-refractivity contribution in [2.24, 2.45) is 0 Å². The summed E-state index contributed by atoms with van der Waals surface area (Å²) in [7, 11) is 0. The lowest BCUT2D eigenvalue weighted by atomic mass is 9.99. The molecule has 1 aromatic rings. The third kappa shape index (κ3) is 17.5. The zero-order valence-corrected chi connectivity index (χ0v) is 23.6. The summed E-state index contributed by atoms with van der Waals surface area (Å²) in [4.78, 5) is 0. The first kappa shape index (κ1) is 31.1. The summed E-state index contributed by atoms with van der Waals surface area (Å²) in [6.45, 7) is 7.77. The van der Waals surface area contributed by atoms with E-state index in [-0.39, 0.29) is 0 Å². The summed E-state index contributed by atoms with van der Waals surface area (Å²) in [5, 5.41) is 0. The second-order valence-corrected chi connectivity index (χ2v) is 10.7. The van der Waals surface area contributed by atoms with Crippen molar-refractivity contribution >= 4 is 0 Å². The van der Waals surface area contributed by atoms with Crippen molar-refractivity contribution in [1.82, 2.24) is 0 Å². The van der Waals surface area contributed by atoms with Gasteiger partial charge in [0.05, 0.1) is 6.61 Å². The summed E-state index contributed by atoms with van der Waals surface area (Å²) in [6, 6.07) is 7.11. The lowest BCUT2D eigenvalue weighted by molar-refractivity contribution is 0.301. The number of ether oxygens (including phenoxy) is 1. The van der Waals surface area contributed by atoms with Gasteiger partial charge in [-0.1, -0.05) is 148 Å². The van der Waals surface area contributed by atoms with Crippen LogP contribution in [0.4, 0.5) is 0 Å². The van der Waals surface area contributed by atoms with E-state index in [0.717, 1.165) is 6.61 Å². The van der Waals surface area contributed by atoms with Crippen molar-refractivity contribution in [2.75, 3.05) is 6.61 Å². The minimum absolute atomic E-state index is 0.884. The molecule has 0 aliphatic heterocycles. The first-order chi connectivity index (χ1) is 16.8. The maximum Gasteiger partial charge on any atom is 0.122 e. The van der Waals surface area contributed by atoms with Crippen molar-refractivity contribution in [3.05, 3.63) is 29.3 Å². The van der Waals surface area contributed by atoms with Gasteiger partial charge < -0.3 is 4.74 Å². The van der Waals surface area contributed by atoms with Crippen molar-refractivity contribution in [3.8, 4) is 5.75 Å². The molecule has 0 aliphatic rings. The minimum Gasteiger partial charge on any atom is -0.493 e. The molecule has 1 rings (SSSR count). The molecular formula is C33H60O. The van der Waals surface area contributed by atoms with Gasteiger partial charge in [-0.25, -0.2) is 0 Å². The highest BCUT2D eigenvalue weighted by molar-refractivity contribution is 5.37. The average Bonchev–Trinajstić information content (AvgIpc) is 2.85. The predicted octanol–water partition coefficient (Wildman–Crippen LogP) is 11.4. The van der Waals surface area contributed by atoms with Gasteiger partial charge in [-0.15, -0.1) is 0 Å². The van der Waals surface area contributed by atoms with E-state index in [2.05, 4.69) is 39.0 Å². The summed E-state index contributed by atoms with van der Waals surface area (Å²) < 4.78 is 6.31. The Morgan fingerprint density at radius 2 is 0.912 bits per heavy atom. The first-order valence-electron chi connectivity index (χ1n) is 15.6. The number of benzene rings is 1. The van der Waals surface area contributed by atoms with E-state index in [1.54, 1.807) is 0 Å². The summed E-state index contributed by atoms with van der Waals surface area (Å²) in [5.74, 6) is 1.17. The van der Waals surface area contributed by atoms with Crippen molar-refractivity contribution in [3.63, 3.8) is 0 Å². The number of hydrogen-bond donors (Lipinski definition) is 0. The van der Waals surface area contributed by atoms with Crippen LogP contribution in [0.1, 0.15) is 167 Å². The molecule has 1 nitrogen and oxygen atoms in total. The van der Waals surface area contributed by atoms with Gasteiger partial charge in [-0.3, -0.25) is 0 Å². The van der Waals surface area contributed by atoms with Crippen LogP contribution in [0.2, 0.25) is 0 Å². The Morgan fingerprint density at radius 3 is 1.44 bits per heavy atom. The minimum atomic E-state index is 0.884. The molecule has 0 bridgehead atoms. The summed E-state index contributed by atoms with van der Waals surface area (Å²) in [5.41, 5.74) is 2.99. The Morgan fingerprint density at radius 1 is 0.471 bits per heavy atom. The molecule has 0 spiro atoms. The number of hydrogen-bond acceptors (Lipinski definition) is 1. The standard InChI is InChI=1S/C33H60O/c1-4-7-10-13-16-19-22-25-31-27-28-33(34-29-24-21-18-15-12-9-6-3)32(30-31)26-23-20-17-14-11-8-5-2/h27-28,30H,4-26,29H2,1-3H3. The zero-order chi connectivity index (χ0) is 24.5. The fourth-order valence-corrected chi connectivity index (χ4v) is 4.92. The molecule has 0 saturated heterocycles. The molecule has 0 amide bonds. The number of aryl methyl sites for hydroxylation is 2. The van der Waals surface area contributed by atoms with Gasteiger partial charge in [0, 0.05) is 0 Å². The Kier molecular flexibility index (Phi) is 21.7. The fraction of sp³-hybridized carbons (Fsp3) is 0.818. The van der Waals surface area contributed by atoms with E-state index >= 15 is 0 Å². The molecule has 0 fully saturated rings. The monoisotopic (exact) mass is 472 g/mol. The lowest BCUT2D eigenvalue weighted by Gasteiger charge is -2.14. The van der Waals surface area contributed by atoms with E-state index in [4.69, 9.17) is 4.74 Å². The van der Waals surface area contributed by atoms with Crippen molar-refractivity contribution < 1.29 is 4.74 Å². The second kappa shape index (κ2) is 23.7. The third-order valence-electron chi connectivity index (χ3n) is 7.25. The van der Waals surface area contributed by atoms with Gasteiger partial charge in [0.25, 0.3) is 0 Å². The average molecular weight is 473 g/mol. The van der Waals surface area contributed by atoms with Crippen molar-refractivity contribution in [1.29, 1.82) is 0 Å². The van der Waals surface area contributed by atoms with Crippen LogP contribution in [-0.4, -0.2) is 6.61 Å². The van der Waals surface area contributed by atoms with Gasteiger partial charge >= 0.3 is 0 Å². The largest absolute Gasteiger partial charge is 0.493 e. The molecular weight excluding hydrogens is 412 g/mol. The summed E-state index contributed by atoms with van der Waals surface area (Å²) in [6.07, 6.45) is 31.2. The second-order valence-electron chi connectivity index (χ2n) is 10.7. The van der Waals surface area contributed by atoms with Gasteiger partial charge in [-0.2, -0.15) is 0 Å². The molecule has 0 radical (unpaired) electrons. The highest BCUT2D eigenvalue weighted by atomic mass is 16.5. The Hall–Kier alpha value is -0.980. The van der Waals surface area contributed by atoms with Gasteiger partial charge in [-0.05, 0) is 49.3 Å².